The number of aliphatic carboxylic acids is 1. The number of hydrogen-bond acceptors (Lipinski definition) is 4. The van der Waals surface area contributed by atoms with Crippen molar-refractivity contribution in [3.8, 4) is 0 Å². The quantitative estimate of drug-likeness (QED) is 0.876. The molecule has 0 amide bonds. The predicted octanol–water partition coefficient (Wildman–Crippen LogP) is 2.85. The van der Waals surface area contributed by atoms with Crippen LogP contribution in [0.5, 0.6) is 0 Å². The fourth-order valence-electron chi connectivity index (χ4n) is 2.14. The number of aryl methyl sites for hydroxylation is 1. The van der Waals surface area contributed by atoms with Gasteiger partial charge in [0.05, 0.1) is 5.52 Å². The molecule has 0 bridgehead atoms. The van der Waals surface area contributed by atoms with E-state index in [0.29, 0.717) is 18.2 Å². The van der Waals surface area contributed by atoms with Gasteiger partial charge in [0, 0.05) is 5.39 Å². The third kappa shape index (κ3) is 3.23. The van der Waals surface area contributed by atoms with E-state index in [9.17, 15) is 9.90 Å². The molecule has 5 nitrogen and oxygen atoms in total. The highest BCUT2D eigenvalue weighted by molar-refractivity contribution is 5.91. The van der Waals surface area contributed by atoms with Gasteiger partial charge in [-0.3, -0.25) is 0 Å². The maximum Gasteiger partial charge on any atom is 0.326 e. The van der Waals surface area contributed by atoms with Crippen molar-refractivity contribution in [1.29, 1.82) is 0 Å². The predicted molar refractivity (Wildman–Crippen MR) is 78.8 cm³/mol. The van der Waals surface area contributed by atoms with E-state index in [1.807, 2.05) is 39.0 Å². The average molecular weight is 273 g/mol. The summed E-state index contributed by atoms with van der Waals surface area (Å²) in [4.78, 5) is 19.7. The SMILES string of the molecule is Cc1ccc2ncnc(N[C@H](CC(C)C)C(=O)O)c2c1. The number of nitrogens with zero attached hydrogens (tertiary/aromatic N) is 2. The Hall–Kier alpha value is -2.17. The highest BCUT2D eigenvalue weighted by Gasteiger charge is 2.20. The van der Waals surface area contributed by atoms with Crippen LogP contribution in [0.4, 0.5) is 5.82 Å². The van der Waals surface area contributed by atoms with E-state index in [1.165, 1.54) is 6.33 Å². The minimum absolute atomic E-state index is 0.290. The number of nitrogens with one attached hydrogen (secondary N) is 1. The molecule has 5 heteroatoms. The van der Waals surface area contributed by atoms with Crippen LogP contribution in [0.1, 0.15) is 25.8 Å². The standard InChI is InChI=1S/C15H19N3O2/c1-9(2)6-13(15(19)20)18-14-11-7-10(3)4-5-12(11)16-8-17-14/h4-5,7-9,13H,6H2,1-3H3,(H,19,20)(H,16,17,18)/t13-/m1/s1. The minimum atomic E-state index is -0.863. The lowest BCUT2D eigenvalue weighted by molar-refractivity contribution is -0.138. The summed E-state index contributed by atoms with van der Waals surface area (Å²) >= 11 is 0. The highest BCUT2D eigenvalue weighted by Crippen LogP contribution is 2.22. The van der Waals surface area contributed by atoms with Crippen LogP contribution in [0, 0.1) is 12.8 Å². The molecule has 0 aliphatic rings. The van der Waals surface area contributed by atoms with Crippen LogP contribution in [0.25, 0.3) is 10.9 Å². The molecule has 0 aliphatic carbocycles. The maximum atomic E-state index is 11.3. The van der Waals surface area contributed by atoms with Crippen molar-refractivity contribution in [3.63, 3.8) is 0 Å². The molecule has 0 saturated carbocycles. The summed E-state index contributed by atoms with van der Waals surface area (Å²) in [6.45, 7) is 5.98. The van der Waals surface area contributed by atoms with Crippen LogP contribution in [0.2, 0.25) is 0 Å². The van der Waals surface area contributed by atoms with Gasteiger partial charge in [-0.15, -0.1) is 0 Å². The van der Waals surface area contributed by atoms with Gasteiger partial charge in [-0.05, 0) is 31.4 Å². The van der Waals surface area contributed by atoms with E-state index in [4.69, 9.17) is 0 Å². The molecule has 2 aromatic rings. The first-order chi connectivity index (χ1) is 9.47. The number of hydrogen-bond donors (Lipinski definition) is 2. The second kappa shape index (κ2) is 5.86. The zero-order chi connectivity index (χ0) is 14.7. The lowest BCUT2D eigenvalue weighted by atomic mass is 10.0. The van der Waals surface area contributed by atoms with Crippen molar-refractivity contribution >= 4 is 22.7 Å². The van der Waals surface area contributed by atoms with Crippen LogP contribution in [0.15, 0.2) is 24.5 Å². The first-order valence-electron chi connectivity index (χ1n) is 6.68. The molecular formula is C15H19N3O2. The molecule has 0 unspecified atom stereocenters. The zero-order valence-electron chi connectivity index (χ0n) is 11.9. The van der Waals surface area contributed by atoms with Crippen LogP contribution >= 0.6 is 0 Å². The maximum absolute atomic E-state index is 11.3. The van der Waals surface area contributed by atoms with Crippen molar-refractivity contribution in [1.82, 2.24) is 9.97 Å². The summed E-state index contributed by atoms with van der Waals surface area (Å²) in [6, 6.07) is 5.21. The lowest BCUT2D eigenvalue weighted by Gasteiger charge is -2.18. The van der Waals surface area contributed by atoms with Crippen molar-refractivity contribution in [2.45, 2.75) is 33.2 Å². The minimum Gasteiger partial charge on any atom is -0.480 e. The molecule has 1 atom stereocenters. The van der Waals surface area contributed by atoms with Crippen molar-refractivity contribution < 1.29 is 9.90 Å². The molecule has 0 aliphatic heterocycles. The Labute approximate surface area is 118 Å². The van der Waals surface area contributed by atoms with Gasteiger partial charge in [0.15, 0.2) is 0 Å². The van der Waals surface area contributed by atoms with Crippen molar-refractivity contribution in [2.75, 3.05) is 5.32 Å². The van der Waals surface area contributed by atoms with Crippen molar-refractivity contribution in [2.24, 2.45) is 5.92 Å². The highest BCUT2D eigenvalue weighted by atomic mass is 16.4. The van der Waals surface area contributed by atoms with Gasteiger partial charge in [-0.25, -0.2) is 14.8 Å². The third-order valence-corrected chi connectivity index (χ3v) is 3.11. The van der Waals surface area contributed by atoms with E-state index in [1.54, 1.807) is 0 Å². The molecule has 0 fully saturated rings. The molecule has 1 heterocycles. The Bertz CT molecular complexity index is 626. The molecule has 1 aromatic carbocycles. The number of aromatic nitrogens is 2. The number of anilines is 1. The Kier molecular flexibility index (Phi) is 4.17. The Morgan fingerprint density at radius 3 is 2.75 bits per heavy atom. The number of carbonyl (C=O) groups is 1. The van der Waals surface area contributed by atoms with Gasteiger partial charge >= 0.3 is 5.97 Å². The third-order valence-electron chi connectivity index (χ3n) is 3.11. The van der Waals surface area contributed by atoms with Crippen LogP contribution in [-0.4, -0.2) is 27.1 Å². The number of carboxylic acid groups (broad SMARTS) is 1. The van der Waals surface area contributed by atoms with E-state index >= 15 is 0 Å². The molecule has 20 heavy (non-hydrogen) atoms. The number of rotatable bonds is 5. The average Bonchev–Trinajstić information content (AvgIpc) is 2.38. The molecular weight excluding hydrogens is 254 g/mol. The van der Waals surface area contributed by atoms with E-state index in [-0.39, 0.29) is 0 Å². The first kappa shape index (κ1) is 14.2. The van der Waals surface area contributed by atoms with Crippen LogP contribution < -0.4 is 5.32 Å². The summed E-state index contributed by atoms with van der Waals surface area (Å²) in [5.41, 5.74) is 1.90. The van der Waals surface area contributed by atoms with Gasteiger partial charge in [0.1, 0.15) is 18.2 Å². The molecule has 2 N–H and O–H groups in total. The Balaban J connectivity index is 2.36. The molecule has 0 saturated heterocycles. The Morgan fingerprint density at radius 2 is 2.10 bits per heavy atom. The second-order valence-electron chi connectivity index (χ2n) is 5.41. The van der Waals surface area contributed by atoms with Gasteiger partial charge in [0.25, 0.3) is 0 Å². The fraction of sp³-hybridized carbons (Fsp3) is 0.400. The van der Waals surface area contributed by atoms with E-state index in [2.05, 4.69) is 15.3 Å². The fourth-order valence-corrected chi connectivity index (χ4v) is 2.14. The van der Waals surface area contributed by atoms with Crippen LogP contribution in [-0.2, 0) is 4.79 Å². The normalized spacial score (nSPS) is 12.6. The molecule has 0 radical (unpaired) electrons. The summed E-state index contributed by atoms with van der Waals surface area (Å²) in [7, 11) is 0. The summed E-state index contributed by atoms with van der Waals surface area (Å²) in [5.74, 6) is 0.00306. The lowest BCUT2D eigenvalue weighted by Crippen LogP contribution is -2.31. The Morgan fingerprint density at radius 1 is 1.35 bits per heavy atom. The molecule has 0 spiro atoms. The largest absolute Gasteiger partial charge is 0.480 e. The summed E-state index contributed by atoms with van der Waals surface area (Å²) in [6.07, 6.45) is 2.00. The van der Waals surface area contributed by atoms with Gasteiger partial charge in [0.2, 0.25) is 0 Å². The van der Waals surface area contributed by atoms with E-state index in [0.717, 1.165) is 16.5 Å². The zero-order valence-corrected chi connectivity index (χ0v) is 11.9. The molecule has 1 aromatic heterocycles. The van der Waals surface area contributed by atoms with Gasteiger partial charge in [-0.2, -0.15) is 0 Å². The topological polar surface area (TPSA) is 75.1 Å². The van der Waals surface area contributed by atoms with Crippen molar-refractivity contribution in [3.05, 3.63) is 30.1 Å². The summed E-state index contributed by atoms with van der Waals surface area (Å²) < 4.78 is 0. The number of benzene rings is 1. The van der Waals surface area contributed by atoms with E-state index < -0.39 is 12.0 Å². The summed E-state index contributed by atoms with van der Waals surface area (Å²) in [5, 5.41) is 13.2. The number of carboxylic acids is 1. The first-order valence-corrected chi connectivity index (χ1v) is 6.68. The smallest absolute Gasteiger partial charge is 0.326 e. The molecule has 106 valence electrons. The van der Waals surface area contributed by atoms with Gasteiger partial charge in [-0.1, -0.05) is 25.5 Å². The second-order valence-corrected chi connectivity index (χ2v) is 5.41. The number of fused-ring (bicyclic) bond motifs is 1. The molecule has 2 rings (SSSR count). The monoisotopic (exact) mass is 273 g/mol. The van der Waals surface area contributed by atoms with Crippen LogP contribution in [0.3, 0.4) is 0 Å². The van der Waals surface area contributed by atoms with Gasteiger partial charge < -0.3 is 10.4 Å².